The van der Waals surface area contributed by atoms with E-state index in [1.165, 1.54) is 0 Å². The van der Waals surface area contributed by atoms with Crippen molar-refractivity contribution in [1.29, 1.82) is 0 Å². The van der Waals surface area contributed by atoms with Gasteiger partial charge in [0.1, 0.15) is 0 Å². The lowest BCUT2D eigenvalue weighted by atomic mass is 10.1. The third-order valence-electron chi connectivity index (χ3n) is 3.88. The molecule has 0 spiro atoms. The largest absolute Gasteiger partial charge is 0.395 e. The number of aliphatic hydroxyl groups is 3. The number of anilines is 2. The Hall–Kier alpha value is -2.02. The number of nitrogens with zero attached hydrogens (tertiary/aromatic N) is 1. The summed E-state index contributed by atoms with van der Waals surface area (Å²) in [4.78, 5) is 1.95. The van der Waals surface area contributed by atoms with Gasteiger partial charge in [0.25, 0.3) is 0 Å². The summed E-state index contributed by atoms with van der Waals surface area (Å²) in [6.45, 7) is 1.86. The third kappa shape index (κ3) is 5.56. The smallest absolute Gasteiger partial charge is 0.0606 e. The Morgan fingerprint density at radius 1 is 0.833 bits per heavy atom. The van der Waals surface area contributed by atoms with Crippen LogP contribution in [-0.2, 0) is 0 Å². The molecule has 1 aliphatic carbocycles. The maximum absolute atomic E-state index is 9.10. The van der Waals surface area contributed by atoms with E-state index in [-0.39, 0.29) is 19.8 Å². The van der Waals surface area contributed by atoms with Gasteiger partial charge in [0.05, 0.1) is 19.8 Å². The highest BCUT2D eigenvalue weighted by molar-refractivity contribution is 5.57. The molecule has 0 amide bonds. The molecule has 6 heteroatoms. The van der Waals surface area contributed by atoms with Crippen LogP contribution in [0.2, 0.25) is 0 Å². The predicted molar refractivity (Wildman–Crippen MR) is 96.9 cm³/mol. The molecule has 2 rings (SSSR count). The van der Waals surface area contributed by atoms with Gasteiger partial charge in [-0.3, -0.25) is 0 Å². The lowest BCUT2D eigenvalue weighted by Crippen LogP contribution is -2.29. The maximum atomic E-state index is 9.10. The zero-order valence-corrected chi connectivity index (χ0v) is 13.9. The minimum absolute atomic E-state index is 0.0614. The zero-order chi connectivity index (χ0) is 17.2. The molecule has 0 fully saturated rings. The normalized spacial score (nSPS) is 14.0. The summed E-state index contributed by atoms with van der Waals surface area (Å²) in [5.41, 5.74) is 4.29. The van der Waals surface area contributed by atoms with E-state index in [0.717, 1.165) is 35.6 Å². The Balaban J connectivity index is 1.89. The second-order valence-electron chi connectivity index (χ2n) is 5.62. The molecule has 24 heavy (non-hydrogen) atoms. The summed E-state index contributed by atoms with van der Waals surface area (Å²) in [6, 6.07) is 7.98. The molecule has 0 aromatic heterocycles. The van der Waals surface area contributed by atoms with Crippen LogP contribution in [0.1, 0.15) is 12.8 Å². The van der Waals surface area contributed by atoms with Crippen molar-refractivity contribution in [2.45, 2.75) is 12.8 Å². The van der Waals surface area contributed by atoms with Crippen LogP contribution in [0.5, 0.6) is 0 Å². The second kappa shape index (κ2) is 9.97. The molecule has 0 atom stereocenters. The van der Waals surface area contributed by atoms with Crippen LogP contribution in [0.15, 0.2) is 47.8 Å². The van der Waals surface area contributed by atoms with Gasteiger partial charge in [-0.2, -0.15) is 0 Å². The van der Waals surface area contributed by atoms with E-state index < -0.39 is 0 Å². The molecule has 132 valence electrons. The predicted octanol–water partition coefficient (Wildman–Crippen LogP) is 1.03. The van der Waals surface area contributed by atoms with Crippen LogP contribution >= 0.6 is 0 Å². The third-order valence-corrected chi connectivity index (χ3v) is 3.88. The van der Waals surface area contributed by atoms with Crippen LogP contribution in [0.4, 0.5) is 11.4 Å². The Morgan fingerprint density at radius 3 is 2.00 bits per heavy atom. The fourth-order valence-corrected chi connectivity index (χ4v) is 2.65. The lowest BCUT2D eigenvalue weighted by molar-refractivity contribution is 0.281. The summed E-state index contributed by atoms with van der Waals surface area (Å²) in [5.74, 6) is 0. The number of hydrogen-bond acceptors (Lipinski definition) is 6. The second-order valence-corrected chi connectivity index (χ2v) is 5.62. The molecule has 0 aliphatic heterocycles. The molecule has 0 heterocycles. The van der Waals surface area contributed by atoms with Crippen molar-refractivity contribution in [3.05, 3.63) is 47.8 Å². The van der Waals surface area contributed by atoms with Crippen molar-refractivity contribution in [2.24, 2.45) is 0 Å². The molecule has 1 aromatic rings. The molecule has 6 nitrogen and oxygen atoms in total. The highest BCUT2D eigenvalue weighted by Gasteiger charge is 2.07. The zero-order valence-electron chi connectivity index (χ0n) is 13.9. The standard InChI is InChI=1S/C18H27N3O3/c22-12-9-19-15-1-3-16(4-2-15)20-17-5-7-18(8-6-17)21(10-13-23)11-14-24/h1,4-8,19-20,22-24H,2-3,9-14H2. The topological polar surface area (TPSA) is 88.0 Å². The molecule has 0 unspecified atom stereocenters. The Bertz CT molecular complexity index is 549. The van der Waals surface area contributed by atoms with Crippen LogP contribution < -0.4 is 15.5 Å². The van der Waals surface area contributed by atoms with Gasteiger partial charge in [0.15, 0.2) is 0 Å². The van der Waals surface area contributed by atoms with Crippen molar-refractivity contribution in [2.75, 3.05) is 49.7 Å². The van der Waals surface area contributed by atoms with Gasteiger partial charge < -0.3 is 30.9 Å². The summed E-state index contributed by atoms with van der Waals surface area (Å²) in [6.07, 6.45) is 5.95. The molecule has 1 aliphatic rings. The Labute approximate surface area is 143 Å². The summed E-state index contributed by atoms with van der Waals surface area (Å²) >= 11 is 0. The average molecular weight is 333 g/mol. The van der Waals surface area contributed by atoms with Gasteiger partial charge in [-0.15, -0.1) is 0 Å². The number of aliphatic hydroxyl groups excluding tert-OH is 3. The first-order chi connectivity index (χ1) is 11.8. The summed E-state index contributed by atoms with van der Waals surface area (Å²) in [5, 5.41) is 33.6. The molecular formula is C18H27N3O3. The molecule has 0 bridgehead atoms. The molecule has 1 aromatic carbocycles. The number of rotatable bonds is 10. The number of benzene rings is 1. The van der Waals surface area contributed by atoms with E-state index in [0.29, 0.717) is 19.6 Å². The molecule has 5 N–H and O–H groups in total. The van der Waals surface area contributed by atoms with E-state index in [1.807, 2.05) is 29.2 Å². The van der Waals surface area contributed by atoms with E-state index >= 15 is 0 Å². The Morgan fingerprint density at radius 2 is 1.46 bits per heavy atom. The van der Waals surface area contributed by atoms with E-state index in [4.69, 9.17) is 15.3 Å². The number of allylic oxidation sites excluding steroid dienone is 2. The first-order valence-electron chi connectivity index (χ1n) is 8.33. The van der Waals surface area contributed by atoms with Crippen LogP contribution in [-0.4, -0.2) is 54.8 Å². The SMILES string of the molecule is OCCNC1=CCC(Nc2ccc(N(CCO)CCO)cc2)=CC1. The monoisotopic (exact) mass is 333 g/mol. The minimum Gasteiger partial charge on any atom is -0.395 e. The van der Waals surface area contributed by atoms with Crippen molar-refractivity contribution in [3.63, 3.8) is 0 Å². The van der Waals surface area contributed by atoms with Crippen molar-refractivity contribution in [1.82, 2.24) is 5.32 Å². The maximum Gasteiger partial charge on any atom is 0.0606 e. The first-order valence-corrected chi connectivity index (χ1v) is 8.33. The van der Waals surface area contributed by atoms with E-state index in [9.17, 15) is 0 Å². The number of nitrogens with one attached hydrogen (secondary N) is 2. The van der Waals surface area contributed by atoms with E-state index in [1.54, 1.807) is 0 Å². The average Bonchev–Trinajstić information content (AvgIpc) is 2.62. The van der Waals surface area contributed by atoms with Crippen molar-refractivity contribution in [3.8, 4) is 0 Å². The molecular weight excluding hydrogens is 306 g/mol. The van der Waals surface area contributed by atoms with Gasteiger partial charge in [0.2, 0.25) is 0 Å². The Kier molecular flexibility index (Phi) is 7.61. The van der Waals surface area contributed by atoms with Crippen LogP contribution in [0, 0.1) is 0 Å². The summed E-state index contributed by atoms with van der Waals surface area (Å²) < 4.78 is 0. The van der Waals surface area contributed by atoms with Crippen molar-refractivity contribution < 1.29 is 15.3 Å². The van der Waals surface area contributed by atoms with Crippen LogP contribution in [0.3, 0.4) is 0 Å². The van der Waals surface area contributed by atoms with Gasteiger partial charge in [0, 0.05) is 55.2 Å². The lowest BCUT2D eigenvalue weighted by Gasteiger charge is -2.23. The first kappa shape index (κ1) is 18.3. The molecule has 0 saturated carbocycles. The minimum atomic E-state index is 0.0614. The fourth-order valence-electron chi connectivity index (χ4n) is 2.65. The van der Waals surface area contributed by atoms with Crippen LogP contribution in [0.25, 0.3) is 0 Å². The van der Waals surface area contributed by atoms with Gasteiger partial charge >= 0.3 is 0 Å². The van der Waals surface area contributed by atoms with Gasteiger partial charge in [-0.25, -0.2) is 0 Å². The fraction of sp³-hybridized carbons (Fsp3) is 0.444. The highest BCUT2D eigenvalue weighted by Crippen LogP contribution is 2.22. The van der Waals surface area contributed by atoms with Gasteiger partial charge in [-0.05, 0) is 24.3 Å². The molecule has 0 radical (unpaired) electrons. The molecule has 0 saturated heterocycles. The number of hydrogen-bond donors (Lipinski definition) is 5. The summed E-state index contributed by atoms with van der Waals surface area (Å²) in [7, 11) is 0. The quantitative estimate of drug-likeness (QED) is 0.440. The van der Waals surface area contributed by atoms with E-state index in [2.05, 4.69) is 22.8 Å². The highest BCUT2D eigenvalue weighted by atomic mass is 16.3. The van der Waals surface area contributed by atoms with Gasteiger partial charge in [-0.1, -0.05) is 12.2 Å². The van der Waals surface area contributed by atoms with Crippen molar-refractivity contribution >= 4 is 11.4 Å².